The number of sulfonamides is 1. The van der Waals surface area contributed by atoms with Crippen LogP contribution >= 0.6 is 15.9 Å². The van der Waals surface area contributed by atoms with E-state index < -0.39 is 16.1 Å². The van der Waals surface area contributed by atoms with Crippen molar-refractivity contribution in [1.29, 1.82) is 0 Å². The second-order valence-electron chi connectivity index (χ2n) is 4.59. The number of nitrogens with zero attached hydrogens (tertiary/aromatic N) is 1. The maximum Gasteiger partial charge on any atom is 0.264 e. The second kappa shape index (κ2) is 4.58. The van der Waals surface area contributed by atoms with Gasteiger partial charge in [-0.1, -0.05) is 40.2 Å². The standard InChI is InChI=1S/C14H12BrNO3S/c1-16-11-7-3-2-5-9(11)14(17)13-10(15)6-4-8-12(13)20(16,18)19/h2-8,14,17H,1H3. The van der Waals surface area contributed by atoms with Gasteiger partial charge in [0, 0.05) is 22.6 Å². The molecular formula is C14H12BrNO3S. The van der Waals surface area contributed by atoms with Gasteiger partial charge in [0.1, 0.15) is 6.10 Å². The zero-order valence-corrected chi connectivity index (χ0v) is 13.0. The van der Waals surface area contributed by atoms with E-state index in [1.54, 1.807) is 36.4 Å². The van der Waals surface area contributed by atoms with Gasteiger partial charge in [-0.05, 0) is 18.2 Å². The van der Waals surface area contributed by atoms with Crippen molar-refractivity contribution in [3.8, 4) is 0 Å². The molecule has 1 aliphatic rings. The van der Waals surface area contributed by atoms with Gasteiger partial charge in [-0.15, -0.1) is 0 Å². The minimum Gasteiger partial charge on any atom is -0.383 e. The molecule has 104 valence electrons. The number of halogens is 1. The number of aliphatic hydroxyl groups is 1. The van der Waals surface area contributed by atoms with E-state index in [4.69, 9.17) is 0 Å². The molecule has 3 rings (SSSR count). The van der Waals surface area contributed by atoms with Crippen molar-refractivity contribution in [2.24, 2.45) is 0 Å². The lowest BCUT2D eigenvalue weighted by atomic mass is 10.00. The first-order chi connectivity index (χ1) is 9.44. The van der Waals surface area contributed by atoms with E-state index in [-0.39, 0.29) is 4.90 Å². The molecule has 0 amide bonds. The van der Waals surface area contributed by atoms with E-state index in [1.165, 1.54) is 17.4 Å². The molecule has 0 saturated heterocycles. The maximum absolute atomic E-state index is 12.7. The Kier molecular flexibility index (Phi) is 3.12. The number of hydrogen-bond donors (Lipinski definition) is 1. The Morgan fingerprint density at radius 3 is 2.60 bits per heavy atom. The normalized spacial score (nSPS) is 19.9. The zero-order chi connectivity index (χ0) is 14.5. The summed E-state index contributed by atoms with van der Waals surface area (Å²) in [6.07, 6.45) is -0.989. The van der Waals surface area contributed by atoms with Gasteiger partial charge in [0.05, 0.1) is 10.6 Å². The molecule has 4 nitrogen and oxygen atoms in total. The molecule has 1 aliphatic heterocycles. The molecule has 0 saturated carbocycles. The van der Waals surface area contributed by atoms with Gasteiger partial charge in [0.15, 0.2) is 0 Å². The molecule has 1 heterocycles. The Balaban J connectivity index is 2.45. The summed E-state index contributed by atoms with van der Waals surface area (Å²) in [6, 6.07) is 11.9. The highest BCUT2D eigenvalue weighted by Crippen LogP contribution is 2.42. The fourth-order valence-corrected chi connectivity index (χ4v) is 4.63. The molecule has 1 unspecified atom stereocenters. The van der Waals surface area contributed by atoms with Crippen molar-refractivity contribution in [3.63, 3.8) is 0 Å². The van der Waals surface area contributed by atoms with E-state index in [9.17, 15) is 13.5 Å². The number of para-hydroxylation sites is 1. The predicted octanol–water partition coefficient (Wildman–Crippen LogP) is 2.67. The minimum absolute atomic E-state index is 0.123. The van der Waals surface area contributed by atoms with E-state index in [2.05, 4.69) is 15.9 Å². The average Bonchev–Trinajstić information content (AvgIpc) is 2.50. The van der Waals surface area contributed by atoms with Crippen LogP contribution in [0.3, 0.4) is 0 Å². The number of benzene rings is 2. The van der Waals surface area contributed by atoms with Crippen LogP contribution in [0.5, 0.6) is 0 Å². The Hall–Kier alpha value is -1.37. The molecule has 0 radical (unpaired) electrons. The lowest BCUT2D eigenvalue weighted by molar-refractivity contribution is 0.217. The van der Waals surface area contributed by atoms with E-state index in [0.717, 1.165) is 0 Å². The average molecular weight is 354 g/mol. The maximum atomic E-state index is 12.7. The summed E-state index contributed by atoms with van der Waals surface area (Å²) in [7, 11) is -2.19. The quantitative estimate of drug-likeness (QED) is 0.791. The van der Waals surface area contributed by atoms with Gasteiger partial charge in [-0.25, -0.2) is 8.42 Å². The highest BCUT2D eigenvalue weighted by Gasteiger charge is 2.34. The minimum atomic E-state index is -3.68. The summed E-state index contributed by atoms with van der Waals surface area (Å²) < 4.78 is 27.1. The SMILES string of the molecule is CN1c2ccccc2C(O)c2c(Br)cccc2S1(=O)=O. The summed E-state index contributed by atoms with van der Waals surface area (Å²) in [5.74, 6) is 0. The summed E-state index contributed by atoms with van der Waals surface area (Å²) in [6.45, 7) is 0. The lowest BCUT2D eigenvalue weighted by Gasteiger charge is -2.19. The molecule has 1 N–H and O–H groups in total. The fourth-order valence-electron chi connectivity index (χ4n) is 2.45. The summed E-state index contributed by atoms with van der Waals surface area (Å²) in [5, 5.41) is 10.6. The Bertz CT molecular complexity index is 789. The van der Waals surface area contributed by atoms with Gasteiger partial charge in [0.25, 0.3) is 10.0 Å². The van der Waals surface area contributed by atoms with Crippen molar-refractivity contribution in [1.82, 2.24) is 0 Å². The highest BCUT2D eigenvalue weighted by atomic mass is 79.9. The third-order valence-corrected chi connectivity index (χ3v) is 6.02. The highest BCUT2D eigenvalue weighted by molar-refractivity contribution is 9.10. The summed E-state index contributed by atoms with van der Waals surface area (Å²) >= 11 is 3.34. The topological polar surface area (TPSA) is 57.6 Å². The van der Waals surface area contributed by atoms with Gasteiger partial charge in [0.2, 0.25) is 0 Å². The van der Waals surface area contributed by atoms with E-state index >= 15 is 0 Å². The van der Waals surface area contributed by atoms with Gasteiger partial charge < -0.3 is 5.11 Å². The van der Waals surface area contributed by atoms with Crippen LogP contribution < -0.4 is 4.31 Å². The van der Waals surface area contributed by atoms with Crippen molar-refractivity contribution < 1.29 is 13.5 Å². The number of anilines is 1. The lowest BCUT2D eigenvalue weighted by Crippen LogP contribution is -2.26. The molecule has 2 aromatic carbocycles. The van der Waals surface area contributed by atoms with Crippen LogP contribution in [-0.4, -0.2) is 20.6 Å². The fraction of sp³-hybridized carbons (Fsp3) is 0.143. The molecule has 20 heavy (non-hydrogen) atoms. The number of fused-ring (bicyclic) bond motifs is 2. The molecule has 0 spiro atoms. The number of rotatable bonds is 0. The second-order valence-corrected chi connectivity index (χ2v) is 7.38. The monoisotopic (exact) mass is 353 g/mol. The van der Waals surface area contributed by atoms with E-state index in [1.807, 2.05) is 0 Å². The van der Waals surface area contributed by atoms with Gasteiger partial charge in [-0.2, -0.15) is 0 Å². The van der Waals surface area contributed by atoms with Crippen LogP contribution in [0, 0.1) is 0 Å². The zero-order valence-electron chi connectivity index (χ0n) is 10.6. The van der Waals surface area contributed by atoms with Crippen molar-refractivity contribution in [2.45, 2.75) is 11.0 Å². The first-order valence-electron chi connectivity index (χ1n) is 5.99. The predicted molar refractivity (Wildman–Crippen MR) is 80.2 cm³/mol. The Morgan fingerprint density at radius 1 is 1.15 bits per heavy atom. The van der Waals surface area contributed by atoms with Gasteiger partial charge in [-0.3, -0.25) is 4.31 Å². The molecule has 0 aliphatic carbocycles. The first kappa shape index (κ1) is 13.6. The van der Waals surface area contributed by atoms with Crippen LogP contribution in [0.4, 0.5) is 5.69 Å². The molecule has 0 fully saturated rings. The Morgan fingerprint density at radius 2 is 1.85 bits per heavy atom. The third kappa shape index (κ3) is 1.79. The van der Waals surface area contributed by atoms with Crippen LogP contribution in [0.25, 0.3) is 0 Å². The Labute approximate surface area is 125 Å². The molecule has 1 atom stereocenters. The van der Waals surface area contributed by atoms with Crippen LogP contribution in [0.1, 0.15) is 17.2 Å². The van der Waals surface area contributed by atoms with Crippen LogP contribution in [-0.2, 0) is 10.0 Å². The number of aliphatic hydroxyl groups excluding tert-OH is 1. The smallest absolute Gasteiger partial charge is 0.264 e. The van der Waals surface area contributed by atoms with Crippen molar-refractivity contribution in [2.75, 3.05) is 11.4 Å². The molecule has 6 heteroatoms. The third-order valence-electron chi connectivity index (χ3n) is 3.50. The van der Waals surface area contributed by atoms with Crippen molar-refractivity contribution in [3.05, 3.63) is 58.1 Å². The largest absolute Gasteiger partial charge is 0.383 e. The molecule has 0 bridgehead atoms. The molecule has 0 aromatic heterocycles. The van der Waals surface area contributed by atoms with Crippen LogP contribution in [0.15, 0.2) is 51.8 Å². The first-order valence-corrected chi connectivity index (χ1v) is 8.22. The van der Waals surface area contributed by atoms with Crippen LogP contribution in [0.2, 0.25) is 0 Å². The molecule has 2 aromatic rings. The van der Waals surface area contributed by atoms with Gasteiger partial charge >= 0.3 is 0 Å². The summed E-state index contributed by atoms with van der Waals surface area (Å²) in [5.41, 5.74) is 1.44. The van der Waals surface area contributed by atoms with Crippen molar-refractivity contribution >= 4 is 31.6 Å². The molecular weight excluding hydrogens is 342 g/mol. The van der Waals surface area contributed by atoms with E-state index in [0.29, 0.717) is 21.3 Å². The summed E-state index contributed by atoms with van der Waals surface area (Å²) in [4.78, 5) is 0.123. The number of hydrogen-bond acceptors (Lipinski definition) is 3.